The van der Waals surface area contributed by atoms with Crippen LogP contribution < -0.4 is 15.4 Å². The van der Waals surface area contributed by atoms with E-state index in [4.69, 9.17) is 4.42 Å². The lowest BCUT2D eigenvalue weighted by atomic mass is 10.2. The summed E-state index contributed by atoms with van der Waals surface area (Å²) in [6.07, 6.45) is 2.31. The average Bonchev–Trinajstić information content (AvgIpc) is 3.19. The molecule has 0 spiro atoms. The molecule has 1 atom stereocenters. The van der Waals surface area contributed by atoms with Gasteiger partial charge in [-0.05, 0) is 66.0 Å². The zero-order valence-electron chi connectivity index (χ0n) is 18.0. The first-order valence-electron chi connectivity index (χ1n) is 10.0. The lowest BCUT2D eigenvalue weighted by Crippen LogP contribution is -2.24. The van der Waals surface area contributed by atoms with Crippen molar-refractivity contribution in [2.24, 2.45) is 0 Å². The Morgan fingerprint density at radius 1 is 1.22 bits per heavy atom. The Morgan fingerprint density at radius 2 is 2.00 bits per heavy atom. The number of halogens is 1. The van der Waals surface area contributed by atoms with Crippen LogP contribution in [0.5, 0.6) is 0 Å². The minimum absolute atomic E-state index is 0.0283. The molecule has 0 amide bonds. The molecule has 32 heavy (non-hydrogen) atoms. The van der Waals surface area contributed by atoms with Gasteiger partial charge in [0, 0.05) is 11.9 Å². The molecule has 0 saturated heterocycles. The summed E-state index contributed by atoms with van der Waals surface area (Å²) in [4.78, 5) is 8.81. The van der Waals surface area contributed by atoms with Gasteiger partial charge in [-0.2, -0.15) is 4.98 Å². The predicted molar refractivity (Wildman–Crippen MR) is 126 cm³/mol. The predicted octanol–water partition coefficient (Wildman–Crippen LogP) is 3.85. The Morgan fingerprint density at radius 3 is 2.66 bits per heavy atom. The maximum absolute atomic E-state index is 12.9. The Labute approximate surface area is 195 Å². The second-order valence-electron chi connectivity index (χ2n) is 7.26. The Hall–Kier alpha value is -2.47. The van der Waals surface area contributed by atoms with Gasteiger partial charge in [-0.25, -0.2) is 18.1 Å². The van der Waals surface area contributed by atoms with E-state index in [1.54, 1.807) is 44.3 Å². The van der Waals surface area contributed by atoms with Gasteiger partial charge < -0.3 is 20.2 Å². The van der Waals surface area contributed by atoms with Crippen LogP contribution in [0, 0.1) is 13.8 Å². The number of aryl methyl sites for hydroxylation is 2. The number of sulfonamides is 1. The van der Waals surface area contributed by atoms with Gasteiger partial charge in [0.2, 0.25) is 16.0 Å². The van der Waals surface area contributed by atoms with Gasteiger partial charge in [0.05, 0.1) is 28.6 Å². The molecule has 1 aromatic carbocycles. The van der Waals surface area contributed by atoms with Crippen molar-refractivity contribution in [3.05, 3.63) is 58.1 Å². The molecule has 0 fully saturated rings. The summed E-state index contributed by atoms with van der Waals surface area (Å²) in [5, 5.41) is 15.6. The van der Waals surface area contributed by atoms with Crippen molar-refractivity contribution in [1.29, 1.82) is 0 Å². The molecule has 4 N–H and O–H groups in total. The van der Waals surface area contributed by atoms with Crippen LogP contribution in [0.1, 0.15) is 30.4 Å². The standard InChI is InChI=1S/C21H26BrN5O4S/c1-4-15(12-28)25-20-18(22)11-23-21(27-20)26-16-7-5-13(2)19(9-16)32(29,30)24-10-17-8-6-14(3)31-17/h5-9,11,15,24,28H,4,10,12H2,1-3H3,(H2,23,25,26,27)/t15-/m1/s1. The number of nitrogens with zero attached hydrogens (tertiary/aromatic N) is 2. The third kappa shape index (κ3) is 6.06. The Kier molecular flexibility index (Phi) is 7.88. The summed E-state index contributed by atoms with van der Waals surface area (Å²) in [5.74, 6) is 2.07. The zero-order chi connectivity index (χ0) is 23.3. The lowest BCUT2D eigenvalue weighted by Gasteiger charge is -2.16. The number of hydrogen-bond acceptors (Lipinski definition) is 8. The van der Waals surface area contributed by atoms with Gasteiger partial charge in [-0.1, -0.05) is 13.0 Å². The molecule has 3 aromatic rings. The van der Waals surface area contributed by atoms with E-state index in [2.05, 4.69) is 41.3 Å². The molecule has 0 unspecified atom stereocenters. The second kappa shape index (κ2) is 10.4. The number of aliphatic hydroxyl groups excluding tert-OH is 1. The third-order valence-corrected chi connectivity index (χ3v) is 6.89. The molecule has 0 radical (unpaired) electrons. The Balaban J connectivity index is 1.79. The van der Waals surface area contributed by atoms with E-state index in [-0.39, 0.29) is 30.0 Å². The lowest BCUT2D eigenvalue weighted by molar-refractivity contribution is 0.271. The van der Waals surface area contributed by atoms with Crippen LogP contribution in [-0.2, 0) is 16.6 Å². The summed E-state index contributed by atoms with van der Waals surface area (Å²) in [6, 6.07) is 8.37. The summed E-state index contributed by atoms with van der Waals surface area (Å²) in [6.45, 7) is 5.51. The fourth-order valence-corrected chi connectivity index (χ4v) is 4.49. The molecule has 0 aliphatic carbocycles. The largest absolute Gasteiger partial charge is 0.465 e. The molecule has 3 rings (SSSR count). The highest BCUT2D eigenvalue weighted by molar-refractivity contribution is 9.10. The first-order valence-corrected chi connectivity index (χ1v) is 12.3. The molecule has 172 valence electrons. The molecule has 0 saturated carbocycles. The van der Waals surface area contributed by atoms with Crippen molar-refractivity contribution >= 4 is 43.4 Å². The average molecular weight is 524 g/mol. The van der Waals surface area contributed by atoms with Crippen molar-refractivity contribution < 1.29 is 17.9 Å². The van der Waals surface area contributed by atoms with E-state index in [9.17, 15) is 13.5 Å². The van der Waals surface area contributed by atoms with E-state index >= 15 is 0 Å². The van der Waals surface area contributed by atoms with Crippen molar-refractivity contribution in [2.45, 2.75) is 44.7 Å². The summed E-state index contributed by atoms with van der Waals surface area (Å²) >= 11 is 3.40. The third-order valence-electron chi connectivity index (χ3n) is 4.76. The fraction of sp³-hybridized carbons (Fsp3) is 0.333. The number of benzene rings is 1. The van der Waals surface area contributed by atoms with Crippen molar-refractivity contribution in [2.75, 3.05) is 17.2 Å². The normalized spacial score (nSPS) is 12.5. The molecule has 11 heteroatoms. The number of hydrogen-bond donors (Lipinski definition) is 4. The Bertz CT molecular complexity index is 1180. The van der Waals surface area contributed by atoms with Crippen LogP contribution in [-0.4, -0.2) is 36.1 Å². The first-order chi connectivity index (χ1) is 15.2. The highest BCUT2D eigenvalue weighted by Gasteiger charge is 2.18. The number of furan rings is 1. The van der Waals surface area contributed by atoms with Crippen LogP contribution in [0.25, 0.3) is 0 Å². The van der Waals surface area contributed by atoms with E-state index in [1.165, 1.54) is 6.07 Å². The molecule has 9 nitrogen and oxygen atoms in total. The van der Waals surface area contributed by atoms with Crippen molar-refractivity contribution in [3.8, 4) is 0 Å². The van der Waals surface area contributed by atoms with Crippen molar-refractivity contribution in [1.82, 2.24) is 14.7 Å². The van der Waals surface area contributed by atoms with E-state index in [0.717, 1.165) is 6.42 Å². The van der Waals surface area contributed by atoms with Crippen LogP contribution in [0.15, 0.2) is 50.3 Å². The molecule has 2 heterocycles. The minimum atomic E-state index is -3.77. The number of anilines is 3. The van der Waals surface area contributed by atoms with Gasteiger partial charge in [0.15, 0.2) is 0 Å². The number of rotatable bonds is 10. The SMILES string of the molecule is CC[C@H](CO)Nc1nc(Nc2ccc(C)c(S(=O)(=O)NCc3ccc(C)o3)c2)ncc1Br. The van der Waals surface area contributed by atoms with Crippen molar-refractivity contribution in [3.63, 3.8) is 0 Å². The van der Waals surface area contributed by atoms with Crippen LogP contribution in [0.2, 0.25) is 0 Å². The first kappa shape index (κ1) is 24.2. The molecule has 0 aliphatic heterocycles. The fourth-order valence-electron chi connectivity index (χ4n) is 2.92. The van der Waals surface area contributed by atoms with E-state index in [0.29, 0.717) is 33.1 Å². The molecular weight excluding hydrogens is 498 g/mol. The van der Waals surface area contributed by atoms with Gasteiger partial charge >= 0.3 is 0 Å². The van der Waals surface area contributed by atoms with Gasteiger partial charge in [-0.15, -0.1) is 0 Å². The van der Waals surface area contributed by atoms with Gasteiger partial charge in [0.25, 0.3) is 0 Å². The maximum atomic E-state index is 12.9. The number of nitrogens with one attached hydrogen (secondary N) is 3. The second-order valence-corrected chi connectivity index (χ2v) is 9.85. The molecular formula is C21H26BrN5O4S. The number of aromatic nitrogens is 2. The summed E-state index contributed by atoms with van der Waals surface area (Å²) in [7, 11) is -3.77. The van der Waals surface area contributed by atoms with E-state index < -0.39 is 10.0 Å². The van der Waals surface area contributed by atoms with Gasteiger partial charge in [-0.3, -0.25) is 0 Å². The highest BCUT2D eigenvalue weighted by atomic mass is 79.9. The number of aliphatic hydroxyl groups is 1. The topological polar surface area (TPSA) is 129 Å². The smallest absolute Gasteiger partial charge is 0.241 e. The molecule has 0 aliphatic rings. The molecule has 2 aromatic heterocycles. The summed E-state index contributed by atoms with van der Waals surface area (Å²) < 4.78 is 34.4. The zero-order valence-corrected chi connectivity index (χ0v) is 20.4. The van der Waals surface area contributed by atoms with Gasteiger partial charge in [0.1, 0.15) is 17.3 Å². The van der Waals surface area contributed by atoms with Crippen LogP contribution >= 0.6 is 15.9 Å². The monoisotopic (exact) mass is 523 g/mol. The minimum Gasteiger partial charge on any atom is -0.465 e. The quantitative estimate of drug-likeness (QED) is 0.315. The van der Waals surface area contributed by atoms with Crippen LogP contribution in [0.3, 0.4) is 0 Å². The molecule has 0 bridgehead atoms. The van der Waals surface area contributed by atoms with E-state index in [1.807, 2.05) is 6.92 Å². The van der Waals surface area contributed by atoms with Crippen LogP contribution in [0.4, 0.5) is 17.5 Å². The summed E-state index contributed by atoms with van der Waals surface area (Å²) in [5.41, 5.74) is 1.12. The maximum Gasteiger partial charge on any atom is 0.241 e. The highest BCUT2D eigenvalue weighted by Crippen LogP contribution is 2.25.